The van der Waals surface area contributed by atoms with E-state index < -0.39 is 0 Å². The summed E-state index contributed by atoms with van der Waals surface area (Å²) < 4.78 is 5.48. The highest BCUT2D eigenvalue weighted by molar-refractivity contribution is 5.81. The zero-order valence-corrected chi connectivity index (χ0v) is 10.5. The molecule has 4 nitrogen and oxygen atoms in total. The molecular formula is C12H24N2O2. The normalized spacial score (nSPS) is 27.1. The number of carbonyl (C=O) groups is 1. The number of ether oxygens (including phenoxy) is 1. The van der Waals surface area contributed by atoms with Crippen LogP contribution in [0.2, 0.25) is 0 Å². The summed E-state index contributed by atoms with van der Waals surface area (Å²) in [6, 6.07) is 0.0442. The first-order valence-corrected chi connectivity index (χ1v) is 6.17. The highest BCUT2D eigenvalue weighted by Gasteiger charge is 2.27. The summed E-state index contributed by atoms with van der Waals surface area (Å²) >= 11 is 0. The molecule has 1 fully saturated rings. The molecule has 1 aliphatic rings. The SMILES string of the molecule is CC(C)CC(N)CNC(=O)C1CCC(C)O1. The van der Waals surface area contributed by atoms with E-state index in [1.165, 1.54) is 0 Å². The number of carbonyl (C=O) groups excluding carboxylic acids is 1. The topological polar surface area (TPSA) is 64.3 Å². The van der Waals surface area contributed by atoms with Gasteiger partial charge in [0, 0.05) is 12.6 Å². The molecule has 16 heavy (non-hydrogen) atoms. The van der Waals surface area contributed by atoms with Crippen molar-refractivity contribution in [1.29, 1.82) is 0 Å². The fraction of sp³-hybridized carbons (Fsp3) is 0.917. The Labute approximate surface area is 97.9 Å². The van der Waals surface area contributed by atoms with Crippen molar-refractivity contribution in [3.05, 3.63) is 0 Å². The second kappa shape index (κ2) is 6.21. The Hall–Kier alpha value is -0.610. The fourth-order valence-electron chi connectivity index (χ4n) is 2.03. The van der Waals surface area contributed by atoms with Gasteiger partial charge in [0.25, 0.3) is 0 Å². The average Bonchev–Trinajstić information content (AvgIpc) is 2.60. The Kier molecular flexibility index (Phi) is 5.22. The van der Waals surface area contributed by atoms with E-state index >= 15 is 0 Å². The predicted octanol–water partition coefficient (Wildman–Crippen LogP) is 1.04. The monoisotopic (exact) mass is 228 g/mol. The lowest BCUT2D eigenvalue weighted by atomic mass is 10.0. The van der Waals surface area contributed by atoms with Gasteiger partial charge in [-0.3, -0.25) is 4.79 Å². The first-order chi connectivity index (χ1) is 7.49. The molecule has 0 aromatic heterocycles. The van der Waals surface area contributed by atoms with Crippen LogP contribution in [0.5, 0.6) is 0 Å². The van der Waals surface area contributed by atoms with Crippen molar-refractivity contribution in [3.8, 4) is 0 Å². The molecule has 1 heterocycles. The number of amides is 1. The number of hydrogen-bond donors (Lipinski definition) is 2. The minimum atomic E-state index is -0.263. The largest absolute Gasteiger partial charge is 0.365 e. The van der Waals surface area contributed by atoms with Crippen molar-refractivity contribution in [3.63, 3.8) is 0 Å². The molecule has 3 atom stereocenters. The van der Waals surface area contributed by atoms with Crippen LogP contribution in [0.15, 0.2) is 0 Å². The van der Waals surface area contributed by atoms with Gasteiger partial charge in [-0.2, -0.15) is 0 Å². The maximum Gasteiger partial charge on any atom is 0.249 e. The van der Waals surface area contributed by atoms with Gasteiger partial charge in [0.05, 0.1) is 6.10 Å². The molecule has 3 unspecified atom stereocenters. The van der Waals surface area contributed by atoms with Crippen LogP contribution in [-0.4, -0.2) is 30.7 Å². The zero-order chi connectivity index (χ0) is 12.1. The van der Waals surface area contributed by atoms with Crippen LogP contribution in [0.25, 0.3) is 0 Å². The van der Waals surface area contributed by atoms with Gasteiger partial charge in [0.1, 0.15) is 6.10 Å². The Morgan fingerprint density at radius 3 is 2.69 bits per heavy atom. The number of nitrogens with two attached hydrogens (primary N) is 1. The van der Waals surface area contributed by atoms with Gasteiger partial charge in [-0.05, 0) is 32.1 Å². The molecule has 1 aliphatic heterocycles. The van der Waals surface area contributed by atoms with Gasteiger partial charge in [0.2, 0.25) is 5.91 Å². The molecule has 0 aromatic carbocycles. The molecule has 3 N–H and O–H groups in total. The Balaban J connectivity index is 2.19. The van der Waals surface area contributed by atoms with E-state index in [1.54, 1.807) is 0 Å². The van der Waals surface area contributed by atoms with E-state index in [2.05, 4.69) is 19.2 Å². The number of hydrogen-bond acceptors (Lipinski definition) is 3. The molecular weight excluding hydrogens is 204 g/mol. The summed E-state index contributed by atoms with van der Waals surface area (Å²) in [5.74, 6) is 0.554. The van der Waals surface area contributed by atoms with Gasteiger partial charge in [-0.25, -0.2) is 0 Å². The van der Waals surface area contributed by atoms with Crippen LogP contribution in [0, 0.1) is 5.92 Å². The zero-order valence-electron chi connectivity index (χ0n) is 10.5. The summed E-state index contributed by atoms with van der Waals surface area (Å²) in [6.45, 7) is 6.80. The van der Waals surface area contributed by atoms with E-state index in [1.807, 2.05) is 6.92 Å². The molecule has 1 saturated heterocycles. The van der Waals surface area contributed by atoms with Crippen molar-refractivity contribution in [1.82, 2.24) is 5.32 Å². The summed E-state index contributed by atoms with van der Waals surface area (Å²) in [5, 5.41) is 2.86. The molecule has 0 radical (unpaired) electrons. The van der Waals surface area contributed by atoms with Crippen LogP contribution >= 0.6 is 0 Å². The van der Waals surface area contributed by atoms with E-state index in [4.69, 9.17) is 10.5 Å². The average molecular weight is 228 g/mol. The van der Waals surface area contributed by atoms with Crippen LogP contribution in [0.1, 0.15) is 40.0 Å². The third-order valence-corrected chi connectivity index (χ3v) is 2.84. The summed E-state index contributed by atoms with van der Waals surface area (Å²) in [6.07, 6.45) is 2.67. The maximum atomic E-state index is 11.7. The van der Waals surface area contributed by atoms with Crippen LogP contribution in [-0.2, 0) is 9.53 Å². The number of rotatable bonds is 5. The van der Waals surface area contributed by atoms with Crippen LogP contribution in [0.3, 0.4) is 0 Å². The summed E-state index contributed by atoms with van der Waals surface area (Å²) in [7, 11) is 0. The summed E-state index contributed by atoms with van der Waals surface area (Å²) in [5.41, 5.74) is 5.89. The van der Waals surface area contributed by atoms with E-state index in [0.29, 0.717) is 12.5 Å². The van der Waals surface area contributed by atoms with Gasteiger partial charge in [0.15, 0.2) is 0 Å². The van der Waals surface area contributed by atoms with Crippen molar-refractivity contribution in [2.24, 2.45) is 11.7 Å². The number of nitrogens with one attached hydrogen (secondary N) is 1. The van der Waals surface area contributed by atoms with Crippen LogP contribution < -0.4 is 11.1 Å². The van der Waals surface area contributed by atoms with Crippen LogP contribution in [0.4, 0.5) is 0 Å². The minimum absolute atomic E-state index is 0.0106. The molecule has 1 amide bonds. The molecule has 1 rings (SSSR count). The highest BCUT2D eigenvalue weighted by atomic mass is 16.5. The van der Waals surface area contributed by atoms with Crippen molar-refractivity contribution >= 4 is 5.91 Å². The second-order valence-electron chi connectivity index (χ2n) is 5.15. The summed E-state index contributed by atoms with van der Waals surface area (Å²) in [4.78, 5) is 11.7. The molecule has 94 valence electrons. The molecule has 0 spiro atoms. The highest BCUT2D eigenvalue weighted by Crippen LogP contribution is 2.18. The Morgan fingerprint density at radius 1 is 1.50 bits per heavy atom. The smallest absolute Gasteiger partial charge is 0.249 e. The molecule has 0 saturated carbocycles. The quantitative estimate of drug-likeness (QED) is 0.739. The van der Waals surface area contributed by atoms with Crippen molar-refractivity contribution in [2.75, 3.05) is 6.54 Å². The molecule has 0 bridgehead atoms. The van der Waals surface area contributed by atoms with E-state index in [9.17, 15) is 4.79 Å². The fourth-order valence-corrected chi connectivity index (χ4v) is 2.03. The minimum Gasteiger partial charge on any atom is -0.365 e. The Bertz CT molecular complexity index is 231. The second-order valence-corrected chi connectivity index (χ2v) is 5.15. The van der Waals surface area contributed by atoms with E-state index in [0.717, 1.165) is 19.3 Å². The van der Waals surface area contributed by atoms with Gasteiger partial charge in [-0.1, -0.05) is 13.8 Å². The lowest BCUT2D eigenvalue weighted by Crippen LogP contribution is -2.42. The van der Waals surface area contributed by atoms with Gasteiger partial charge in [-0.15, -0.1) is 0 Å². The standard InChI is InChI=1S/C12H24N2O2/c1-8(2)6-10(13)7-14-12(15)11-5-4-9(3)16-11/h8-11H,4-7,13H2,1-3H3,(H,14,15). The Morgan fingerprint density at radius 2 is 2.19 bits per heavy atom. The third kappa shape index (κ3) is 4.49. The van der Waals surface area contributed by atoms with Gasteiger partial charge < -0.3 is 15.8 Å². The third-order valence-electron chi connectivity index (χ3n) is 2.84. The molecule has 0 aromatic rings. The maximum absolute atomic E-state index is 11.7. The van der Waals surface area contributed by atoms with Crippen molar-refractivity contribution < 1.29 is 9.53 Å². The molecule has 4 heteroatoms. The lowest BCUT2D eigenvalue weighted by Gasteiger charge is -2.17. The first kappa shape index (κ1) is 13.5. The lowest BCUT2D eigenvalue weighted by molar-refractivity contribution is -0.131. The first-order valence-electron chi connectivity index (χ1n) is 6.17. The van der Waals surface area contributed by atoms with Crippen molar-refractivity contribution in [2.45, 2.75) is 58.3 Å². The van der Waals surface area contributed by atoms with Gasteiger partial charge >= 0.3 is 0 Å². The molecule has 0 aliphatic carbocycles. The van der Waals surface area contributed by atoms with E-state index in [-0.39, 0.29) is 24.2 Å². The predicted molar refractivity (Wildman–Crippen MR) is 64.0 cm³/mol.